The highest BCUT2D eigenvalue weighted by atomic mass is 16.3. The molecule has 0 amide bonds. The highest BCUT2D eigenvalue weighted by molar-refractivity contribution is 4.85. The fourth-order valence-corrected chi connectivity index (χ4v) is 2.19. The van der Waals surface area contributed by atoms with Crippen LogP contribution in [-0.4, -0.2) is 41.8 Å². The Morgan fingerprint density at radius 1 is 1.50 bits per heavy atom. The van der Waals surface area contributed by atoms with E-state index in [0.29, 0.717) is 6.04 Å². The Morgan fingerprint density at radius 3 is 2.56 bits per heavy atom. The molecule has 0 saturated heterocycles. The first-order chi connectivity index (χ1) is 7.52. The Balaban J connectivity index is 2.18. The second-order valence-corrected chi connectivity index (χ2v) is 5.54. The van der Waals surface area contributed by atoms with Crippen molar-refractivity contribution < 1.29 is 5.11 Å². The van der Waals surface area contributed by atoms with Gasteiger partial charge in [-0.1, -0.05) is 6.92 Å². The van der Waals surface area contributed by atoms with Gasteiger partial charge in [0.2, 0.25) is 0 Å². The molecule has 2 atom stereocenters. The minimum Gasteiger partial charge on any atom is -0.394 e. The van der Waals surface area contributed by atoms with Crippen molar-refractivity contribution in [3.63, 3.8) is 0 Å². The number of hydrogen-bond donors (Lipinski definition) is 2. The van der Waals surface area contributed by atoms with Gasteiger partial charge in [-0.25, -0.2) is 0 Å². The minimum atomic E-state index is -0.357. The highest BCUT2D eigenvalue weighted by Crippen LogP contribution is 2.34. The van der Waals surface area contributed by atoms with Crippen molar-refractivity contribution in [1.82, 2.24) is 4.90 Å². The van der Waals surface area contributed by atoms with Crippen LogP contribution < -0.4 is 5.73 Å². The molecular formula is C13H28N2O. The molecule has 0 aromatic carbocycles. The van der Waals surface area contributed by atoms with Crippen molar-refractivity contribution in [3.05, 3.63) is 0 Å². The SMILES string of the molecule is CCC(N)(CO)CCCN(C)C(C)C1CC1. The van der Waals surface area contributed by atoms with Crippen molar-refractivity contribution in [1.29, 1.82) is 0 Å². The van der Waals surface area contributed by atoms with Gasteiger partial charge < -0.3 is 15.7 Å². The van der Waals surface area contributed by atoms with E-state index < -0.39 is 0 Å². The topological polar surface area (TPSA) is 49.5 Å². The van der Waals surface area contributed by atoms with E-state index in [9.17, 15) is 5.11 Å². The van der Waals surface area contributed by atoms with Crippen LogP contribution in [-0.2, 0) is 0 Å². The molecule has 16 heavy (non-hydrogen) atoms. The van der Waals surface area contributed by atoms with Gasteiger partial charge in [-0.05, 0) is 58.5 Å². The maximum Gasteiger partial charge on any atom is 0.0611 e. The molecule has 96 valence electrons. The van der Waals surface area contributed by atoms with Crippen LogP contribution in [0.5, 0.6) is 0 Å². The molecule has 1 fully saturated rings. The fraction of sp³-hybridized carbons (Fsp3) is 1.00. The van der Waals surface area contributed by atoms with Gasteiger partial charge in [0.15, 0.2) is 0 Å². The molecule has 3 N–H and O–H groups in total. The molecule has 3 heteroatoms. The summed E-state index contributed by atoms with van der Waals surface area (Å²) in [6.45, 7) is 5.56. The average molecular weight is 228 g/mol. The Hall–Kier alpha value is -0.120. The van der Waals surface area contributed by atoms with E-state index in [1.165, 1.54) is 12.8 Å². The van der Waals surface area contributed by atoms with Crippen LogP contribution in [0.25, 0.3) is 0 Å². The lowest BCUT2D eigenvalue weighted by Gasteiger charge is -2.29. The molecule has 1 saturated carbocycles. The number of nitrogens with two attached hydrogens (primary N) is 1. The largest absolute Gasteiger partial charge is 0.394 e. The number of nitrogens with zero attached hydrogens (tertiary/aromatic N) is 1. The average Bonchev–Trinajstić information content (AvgIpc) is 3.11. The number of hydrogen-bond acceptors (Lipinski definition) is 3. The van der Waals surface area contributed by atoms with Gasteiger partial charge in [-0.15, -0.1) is 0 Å². The number of aliphatic hydroxyl groups excluding tert-OH is 1. The van der Waals surface area contributed by atoms with Gasteiger partial charge in [-0.3, -0.25) is 0 Å². The summed E-state index contributed by atoms with van der Waals surface area (Å²) in [6.07, 6.45) is 5.65. The van der Waals surface area contributed by atoms with E-state index in [4.69, 9.17) is 5.73 Å². The van der Waals surface area contributed by atoms with Crippen LogP contribution in [0.3, 0.4) is 0 Å². The van der Waals surface area contributed by atoms with Crippen LogP contribution >= 0.6 is 0 Å². The van der Waals surface area contributed by atoms with Crippen LogP contribution in [0.2, 0.25) is 0 Å². The Labute approximate surface area is 100 Å². The molecule has 2 unspecified atom stereocenters. The third kappa shape index (κ3) is 4.04. The van der Waals surface area contributed by atoms with Gasteiger partial charge in [-0.2, -0.15) is 0 Å². The van der Waals surface area contributed by atoms with Gasteiger partial charge in [0.05, 0.1) is 6.61 Å². The van der Waals surface area contributed by atoms with E-state index in [1.807, 2.05) is 6.92 Å². The normalized spacial score (nSPS) is 22.1. The molecule has 3 nitrogen and oxygen atoms in total. The van der Waals surface area contributed by atoms with Gasteiger partial charge in [0, 0.05) is 11.6 Å². The molecular weight excluding hydrogens is 200 g/mol. The van der Waals surface area contributed by atoms with E-state index in [1.54, 1.807) is 0 Å². The number of rotatable bonds is 8. The standard InChI is InChI=1S/C13H28N2O/c1-4-13(14,10-16)8-5-9-15(3)11(2)12-6-7-12/h11-12,16H,4-10,14H2,1-3H3. The first-order valence-electron chi connectivity index (χ1n) is 6.62. The molecule has 0 radical (unpaired) electrons. The smallest absolute Gasteiger partial charge is 0.0611 e. The molecule has 0 aliphatic heterocycles. The van der Waals surface area contributed by atoms with Crippen molar-refractivity contribution in [2.24, 2.45) is 11.7 Å². The van der Waals surface area contributed by atoms with E-state index in [0.717, 1.165) is 31.7 Å². The predicted octanol–water partition coefficient (Wildman–Crippen LogP) is 1.60. The molecule has 0 aromatic rings. The fourth-order valence-electron chi connectivity index (χ4n) is 2.19. The van der Waals surface area contributed by atoms with Crippen molar-refractivity contribution in [2.45, 2.75) is 57.5 Å². The third-order valence-corrected chi connectivity index (χ3v) is 4.20. The van der Waals surface area contributed by atoms with E-state index in [-0.39, 0.29) is 12.1 Å². The first-order valence-corrected chi connectivity index (χ1v) is 6.62. The maximum atomic E-state index is 9.22. The predicted molar refractivity (Wildman–Crippen MR) is 68.3 cm³/mol. The van der Waals surface area contributed by atoms with Gasteiger partial charge in [0.25, 0.3) is 0 Å². The van der Waals surface area contributed by atoms with E-state index >= 15 is 0 Å². The Morgan fingerprint density at radius 2 is 2.12 bits per heavy atom. The molecule has 0 spiro atoms. The molecule has 0 aromatic heterocycles. The lowest BCUT2D eigenvalue weighted by atomic mass is 9.92. The van der Waals surface area contributed by atoms with Crippen molar-refractivity contribution in [2.75, 3.05) is 20.2 Å². The summed E-state index contributed by atoms with van der Waals surface area (Å²) < 4.78 is 0. The zero-order chi connectivity index (χ0) is 12.2. The van der Waals surface area contributed by atoms with Crippen LogP contribution in [0.15, 0.2) is 0 Å². The van der Waals surface area contributed by atoms with Gasteiger partial charge >= 0.3 is 0 Å². The summed E-state index contributed by atoms with van der Waals surface area (Å²) >= 11 is 0. The van der Waals surface area contributed by atoms with Crippen molar-refractivity contribution in [3.8, 4) is 0 Å². The zero-order valence-electron chi connectivity index (χ0n) is 11.1. The Kier molecular flexibility index (Phi) is 5.22. The Bertz CT molecular complexity index is 200. The second kappa shape index (κ2) is 5.99. The number of aliphatic hydroxyl groups is 1. The second-order valence-electron chi connectivity index (χ2n) is 5.54. The van der Waals surface area contributed by atoms with Crippen LogP contribution in [0, 0.1) is 5.92 Å². The summed E-state index contributed by atoms with van der Waals surface area (Å²) in [4.78, 5) is 2.44. The molecule has 1 aliphatic carbocycles. The maximum absolute atomic E-state index is 9.22. The summed E-state index contributed by atoms with van der Waals surface area (Å²) in [6, 6.07) is 0.711. The highest BCUT2D eigenvalue weighted by Gasteiger charge is 2.30. The lowest BCUT2D eigenvalue weighted by Crippen LogP contribution is -2.43. The zero-order valence-corrected chi connectivity index (χ0v) is 11.1. The quantitative estimate of drug-likeness (QED) is 0.663. The molecule has 1 aliphatic rings. The summed E-state index contributed by atoms with van der Waals surface area (Å²) in [5, 5.41) is 9.22. The summed E-state index contributed by atoms with van der Waals surface area (Å²) in [7, 11) is 2.20. The molecule has 0 bridgehead atoms. The first kappa shape index (κ1) is 13.9. The molecule has 1 rings (SSSR count). The van der Waals surface area contributed by atoms with Crippen LogP contribution in [0.4, 0.5) is 0 Å². The van der Waals surface area contributed by atoms with Crippen LogP contribution in [0.1, 0.15) is 46.0 Å². The lowest BCUT2D eigenvalue weighted by molar-refractivity contribution is 0.167. The van der Waals surface area contributed by atoms with Gasteiger partial charge in [0.1, 0.15) is 0 Å². The third-order valence-electron chi connectivity index (χ3n) is 4.20. The molecule has 0 heterocycles. The van der Waals surface area contributed by atoms with Crippen molar-refractivity contribution >= 4 is 0 Å². The summed E-state index contributed by atoms with van der Waals surface area (Å²) in [5.41, 5.74) is 5.71. The van der Waals surface area contributed by atoms with E-state index in [2.05, 4.69) is 18.9 Å². The monoisotopic (exact) mass is 228 g/mol. The summed E-state index contributed by atoms with van der Waals surface area (Å²) in [5.74, 6) is 0.927. The minimum absolute atomic E-state index is 0.103.